The Morgan fingerprint density at radius 3 is 2.11 bits per heavy atom. The van der Waals surface area contributed by atoms with Gasteiger partial charge in [-0.2, -0.15) is 0 Å². The second kappa shape index (κ2) is 15.1. The van der Waals surface area contributed by atoms with E-state index in [1.165, 1.54) is 4.68 Å². The molecule has 1 fully saturated rings. The molecule has 254 valence electrons. The van der Waals surface area contributed by atoms with E-state index in [1.807, 2.05) is 12.1 Å². The van der Waals surface area contributed by atoms with Crippen molar-refractivity contribution < 1.29 is 44.3 Å². The molecule has 1 aliphatic heterocycles. The fourth-order valence-corrected chi connectivity index (χ4v) is 5.11. The molecule has 1 aliphatic rings. The maximum absolute atomic E-state index is 13.1. The van der Waals surface area contributed by atoms with Crippen molar-refractivity contribution in [1.82, 2.24) is 25.2 Å². The number of likely N-dealkylation sites (tertiary alicyclic amines) is 1. The number of benzene rings is 1. The zero-order valence-electron chi connectivity index (χ0n) is 27.4. The van der Waals surface area contributed by atoms with E-state index >= 15 is 0 Å². The van der Waals surface area contributed by atoms with E-state index in [-0.39, 0.29) is 49.3 Å². The van der Waals surface area contributed by atoms with Gasteiger partial charge in [-0.25, -0.2) is 4.79 Å². The first kappa shape index (κ1) is 36.6. The topological polar surface area (TPSA) is 204 Å². The summed E-state index contributed by atoms with van der Waals surface area (Å²) in [6, 6.07) is 5.21. The third-order valence-corrected chi connectivity index (χ3v) is 8.22. The van der Waals surface area contributed by atoms with E-state index < -0.39 is 42.1 Å². The number of aromatic nitrogens is 3. The second-order valence-corrected chi connectivity index (χ2v) is 13.9. The molecule has 2 aromatic rings. The van der Waals surface area contributed by atoms with Crippen molar-refractivity contribution >= 4 is 23.8 Å². The van der Waals surface area contributed by atoms with E-state index in [0.717, 1.165) is 11.1 Å². The number of rotatable bonds is 16. The lowest BCUT2D eigenvalue weighted by atomic mass is 9.79. The summed E-state index contributed by atoms with van der Waals surface area (Å²) < 4.78 is 7.46. The van der Waals surface area contributed by atoms with Gasteiger partial charge in [-0.3, -0.25) is 24.0 Å². The lowest BCUT2D eigenvalue weighted by molar-refractivity contribution is -0.156. The van der Waals surface area contributed by atoms with E-state index in [4.69, 9.17) is 9.84 Å². The van der Waals surface area contributed by atoms with Gasteiger partial charge in [0.15, 0.2) is 6.10 Å². The molecule has 0 aliphatic carbocycles. The van der Waals surface area contributed by atoms with Crippen molar-refractivity contribution in [3.05, 3.63) is 46.8 Å². The van der Waals surface area contributed by atoms with E-state index in [2.05, 4.69) is 63.2 Å². The SMILES string of the molecule is CC(C)(C)c1cc(C(=O)NCCn2cc(CO[C@@H](CN3CC[C@H]3C(=O)O)[C@H](CC[C@H](O)C(=O)O)C(=O)O)nn2)cc(C(C)(C)C)c1. The zero-order valence-corrected chi connectivity index (χ0v) is 27.4. The number of hydrogen-bond donors (Lipinski definition) is 5. The molecule has 2 heterocycles. The van der Waals surface area contributed by atoms with Crippen LogP contribution in [0, 0.1) is 5.92 Å². The van der Waals surface area contributed by atoms with Gasteiger partial charge < -0.3 is 30.5 Å². The zero-order chi connectivity index (χ0) is 34.4. The van der Waals surface area contributed by atoms with Crippen LogP contribution in [0.5, 0.6) is 0 Å². The van der Waals surface area contributed by atoms with Crippen LogP contribution in [0.3, 0.4) is 0 Å². The number of carboxylic acid groups (broad SMARTS) is 3. The number of hydrogen-bond acceptors (Lipinski definition) is 9. The Labute approximate surface area is 268 Å². The number of aliphatic hydroxyl groups is 1. The van der Waals surface area contributed by atoms with E-state index in [0.29, 0.717) is 30.8 Å². The highest BCUT2D eigenvalue weighted by Gasteiger charge is 2.39. The fraction of sp³-hybridized carbons (Fsp3) is 0.625. The molecule has 1 saturated heterocycles. The number of aliphatic carboxylic acids is 3. The molecule has 4 atom stereocenters. The Morgan fingerprint density at radius 2 is 1.61 bits per heavy atom. The summed E-state index contributed by atoms with van der Waals surface area (Å²) in [7, 11) is 0. The third-order valence-electron chi connectivity index (χ3n) is 8.22. The predicted molar refractivity (Wildman–Crippen MR) is 166 cm³/mol. The molecule has 5 N–H and O–H groups in total. The van der Waals surface area contributed by atoms with E-state index in [9.17, 15) is 34.5 Å². The highest BCUT2D eigenvalue weighted by atomic mass is 16.5. The van der Waals surface area contributed by atoms with Crippen LogP contribution < -0.4 is 5.32 Å². The van der Waals surface area contributed by atoms with Crippen molar-refractivity contribution in [1.29, 1.82) is 0 Å². The van der Waals surface area contributed by atoms with Gasteiger partial charge in [0.25, 0.3) is 5.91 Å². The van der Waals surface area contributed by atoms with Crippen LogP contribution in [0.25, 0.3) is 0 Å². The highest BCUT2D eigenvalue weighted by Crippen LogP contribution is 2.30. The lowest BCUT2D eigenvalue weighted by Crippen LogP contribution is -2.56. The van der Waals surface area contributed by atoms with Crippen LogP contribution in [0.15, 0.2) is 24.4 Å². The van der Waals surface area contributed by atoms with Crippen molar-refractivity contribution in [2.24, 2.45) is 5.92 Å². The summed E-state index contributed by atoms with van der Waals surface area (Å²) >= 11 is 0. The summed E-state index contributed by atoms with van der Waals surface area (Å²) in [6.07, 6.45) is -1.22. The summed E-state index contributed by atoms with van der Waals surface area (Å²) in [5.41, 5.74) is 2.84. The summed E-state index contributed by atoms with van der Waals surface area (Å²) in [5.74, 6) is -5.15. The number of nitrogens with one attached hydrogen (secondary N) is 1. The molecule has 14 nitrogen and oxygen atoms in total. The van der Waals surface area contributed by atoms with Gasteiger partial charge in [0, 0.05) is 25.2 Å². The van der Waals surface area contributed by atoms with Gasteiger partial charge in [-0.15, -0.1) is 5.10 Å². The summed E-state index contributed by atoms with van der Waals surface area (Å²) in [4.78, 5) is 49.4. The molecular formula is C32H47N5O9. The minimum atomic E-state index is -1.73. The van der Waals surface area contributed by atoms with Gasteiger partial charge >= 0.3 is 17.9 Å². The molecule has 0 radical (unpaired) electrons. The van der Waals surface area contributed by atoms with Crippen LogP contribution in [0.1, 0.15) is 88.0 Å². The van der Waals surface area contributed by atoms with Crippen molar-refractivity contribution in [2.45, 2.75) is 103 Å². The number of amides is 1. The lowest BCUT2D eigenvalue weighted by Gasteiger charge is -2.41. The first-order valence-corrected chi connectivity index (χ1v) is 15.4. The Hall–Kier alpha value is -3.88. The first-order chi connectivity index (χ1) is 21.4. The standard InChI is InChI=1S/C32H47N5O9/c1-31(2,3)20-13-19(14-21(15-20)32(4,5)6)27(39)33-10-12-37-16-22(34-35-37)18-46-26(17-36-11-9-24(36)29(42)43)23(28(40)41)7-8-25(38)30(44)45/h13-16,23-26,38H,7-12,17-18H2,1-6H3,(H,33,39)(H,40,41)(H,42,43)(H,44,45)/t23-,24-,25-,26-/m0/s1. The predicted octanol–water partition coefficient (Wildman–Crippen LogP) is 2.27. The van der Waals surface area contributed by atoms with Gasteiger partial charge in [0.05, 0.1) is 31.4 Å². The highest BCUT2D eigenvalue weighted by molar-refractivity contribution is 5.94. The second-order valence-electron chi connectivity index (χ2n) is 13.9. The monoisotopic (exact) mass is 645 g/mol. The van der Waals surface area contributed by atoms with Crippen molar-refractivity contribution in [3.8, 4) is 0 Å². The molecule has 1 aromatic carbocycles. The molecule has 0 spiro atoms. The summed E-state index contributed by atoms with van der Waals surface area (Å²) in [5, 5.41) is 49.1. The fourth-order valence-electron chi connectivity index (χ4n) is 5.11. The minimum Gasteiger partial charge on any atom is -0.481 e. The molecule has 3 rings (SSSR count). The van der Waals surface area contributed by atoms with Crippen LogP contribution >= 0.6 is 0 Å². The van der Waals surface area contributed by atoms with Crippen LogP contribution in [-0.4, -0.2) is 102 Å². The van der Waals surface area contributed by atoms with Crippen molar-refractivity contribution in [3.63, 3.8) is 0 Å². The molecule has 1 amide bonds. The van der Waals surface area contributed by atoms with Crippen LogP contribution in [0.2, 0.25) is 0 Å². The average Bonchev–Trinajstić information content (AvgIpc) is 3.38. The van der Waals surface area contributed by atoms with Crippen molar-refractivity contribution in [2.75, 3.05) is 19.6 Å². The number of nitrogens with zero attached hydrogens (tertiary/aromatic N) is 4. The van der Waals surface area contributed by atoms with Gasteiger partial charge in [0.2, 0.25) is 0 Å². The normalized spacial score (nSPS) is 17.5. The molecule has 46 heavy (non-hydrogen) atoms. The molecule has 1 aromatic heterocycles. The Kier molecular flexibility index (Phi) is 12.0. The average molecular weight is 646 g/mol. The maximum atomic E-state index is 13.1. The molecule has 14 heteroatoms. The molecule has 0 unspecified atom stereocenters. The third kappa shape index (κ3) is 10.1. The van der Waals surface area contributed by atoms with Crippen LogP contribution in [0.4, 0.5) is 0 Å². The Morgan fingerprint density at radius 1 is 0.978 bits per heavy atom. The first-order valence-electron chi connectivity index (χ1n) is 15.4. The Bertz CT molecular complexity index is 1360. The molecule has 0 bridgehead atoms. The number of carboxylic acids is 3. The number of ether oxygens (including phenoxy) is 1. The van der Waals surface area contributed by atoms with Gasteiger partial charge in [-0.05, 0) is 53.4 Å². The number of carbonyl (C=O) groups is 4. The quantitative estimate of drug-likeness (QED) is 0.178. The number of aliphatic hydroxyl groups excluding tert-OH is 1. The molecular weight excluding hydrogens is 598 g/mol. The number of carbonyl (C=O) groups excluding carboxylic acids is 1. The van der Waals surface area contributed by atoms with Gasteiger partial charge in [0.1, 0.15) is 11.7 Å². The maximum Gasteiger partial charge on any atom is 0.332 e. The van der Waals surface area contributed by atoms with Crippen LogP contribution in [-0.2, 0) is 43.1 Å². The van der Waals surface area contributed by atoms with E-state index in [1.54, 1.807) is 11.1 Å². The van der Waals surface area contributed by atoms with Gasteiger partial charge in [-0.1, -0.05) is 52.8 Å². The summed E-state index contributed by atoms with van der Waals surface area (Å²) in [6.45, 7) is 13.5. The Balaban J connectivity index is 1.64. The largest absolute Gasteiger partial charge is 0.481 e. The minimum absolute atomic E-state index is 0.00931. The molecule has 0 saturated carbocycles. The smallest absolute Gasteiger partial charge is 0.332 e.